The smallest absolute Gasteiger partial charge is 0.222 e. The van der Waals surface area contributed by atoms with Crippen molar-refractivity contribution in [3.8, 4) is 0 Å². The van der Waals surface area contributed by atoms with E-state index in [1.165, 1.54) is 0 Å². The van der Waals surface area contributed by atoms with Crippen LogP contribution in [0.3, 0.4) is 0 Å². The van der Waals surface area contributed by atoms with Gasteiger partial charge in [0.1, 0.15) is 0 Å². The van der Waals surface area contributed by atoms with Crippen LogP contribution in [0.15, 0.2) is 6.20 Å². The van der Waals surface area contributed by atoms with Crippen molar-refractivity contribution in [1.29, 1.82) is 0 Å². The van der Waals surface area contributed by atoms with E-state index in [0.717, 1.165) is 24.4 Å². The van der Waals surface area contributed by atoms with Gasteiger partial charge in [-0.3, -0.25) is 9.48 Å². The number of nitrogens with zero attached hydrogens (tertiary/aromatic N) is 2. The molecule has 2 atom stereocenters. The van der Waals surface area contributed by atoms with Crippen molar-refractivity contribution >= 4 is 18.3 Å². The molecule has 2 rings (SSSR count). The van der Waals surface area contributed by atoms with Crippen molar-refractivity contribution in [1.82, 2.24) is 20.4 Å². The normalized spacial score (nSPS) is 20.1. The Balaban J connectivity index is 0.00000200. The van der Waals surface area contributed by atoms with Crippen LogP contribution >= 0.6 is 12.4 Å². The Bertz CT molecular complexity index is 444. The average molecular weight is 303 g/mol. The molecule has 20 heavy (non-hydrogen) atoms. The standard InChI is InChI=1S/C13H22N4O2.ClH/c1-9(12-7-17(3)16-10(12)2)15-13(18)6-11-8-19-5-4-14-11;/h7,9,11,14H,4-6,8H2,1-3H3,(H,15,18);1H. The quantitative estimate of drug-likeness (QED) is 0.859. The van der Waals surface area contributed by atoms with Crippen LogP contribution < -0.4 is 10.6 Å². The van der Waals surface area contributed by atoms with Crippen LogP contribution in [-0.2, 0) is 16.6 Å². The molecule has 1 saturated heterocycles. The van der Waals surface area contributed by atoms with Gasteiger partial charge in [-0.1, -0.05) is 0 Å². The van der Waals surface area contributed by atoms with Crippen LogP contribution in [0.4, 0.5) is 0 Å². The predicted octanol–water partition coefficient (Wildman–Crippen LogP) is 0.706. The molecule has 0 aliphatic carbocycles. The summed E-state index contributed by atoms with van der Waals surface area (Å²) >= 11 is 0. The molecule has 1 aliphatic rings. The number of hydrogen-bond acceptors (Lipinski definition) is 4. The number of ether oxygens (including phenoxy) is 1. The zero-order valence-corrected chi connectivity index (χ0v) is 13.0. The summed E-state index contributed by atoms with van der Waals surface area (Å²) in [7, 11) is 1.88. The Morgan fingerprint density at radius 1 is 1.70 bits per heavy atom. The third kappa shape index (κ3) is 4.47. The fourth-order valence-electron chi connectivity index (χ4n) is 2.40. The Morgan fingerprint density at radius 2 is 2.45 bits per heavy atom. The molecule has 2 N–H and O–H groups in total. The van der Waals surface area contributed by atoms with Crippen molar-refractivity contribution < 1.29 is 9.53 Å². The Hall–Kier alpha value is -1.11. The molecule has 6 nitrogen and oxygen atoms in total. The average Bonchev–Trinajstić information content (AvgIpc) is 2.69. The molecule has 7 heteroatoms. The maximum absolute atomic E-state index is 12.0. The van der Waals surface area contributed by atoms with E-state index in [0.29, 0.717) is 13.0 Å². The van der Waals surface area contributed by atoms with Crippen molar-refractivity contribution in [3.05, 3.63) is 17.5 Å². The SMILES string of the molecule is Cc1nn(C)cc1C(C)NC(=O)CC1COCCN1.Cl. The number of carbonyl (C=O) groups is 1. The molecule has 1 fully saturated rings. The van der Waals surface area contributed by atoms with E-state index in [-0.39, 0.29) is 30.4 Å². The van der Waals surface area contributed by atoms with Crippen LogP contribution in [-0.4, -0.2) is 41.5 Å². The van der Waals surface area contributed by atoms with Crippen LogP contribution in [0.2, 0.25) is 0 Å². The molecule has 1 amide bonds. The van der Waals surface area contributed by atoms with Gasteiger partial charge in [0.05, 0.1) is 24.9 Å². The van der Waals surface area contributed by atoms with E-state index in [9.17, 15) is 4.79 Å². The van der Waals surface area contributed by atoms with Crippen molar-refractivity contribution in [2.75, 3.05) is 19.8 Å². The summed E-state index contributed by atoms with van der Waals surface area (Å²) in [4.78, 5) is 12.0. The van der Waals surface area contributed by atoms with Crippen LogP contribution in [0.1, 0.15) is 30.6 Å². The number of morpholine rings is 1. The summed E-state index contributed by atoms with van der Waals surface area (Å²) in [6.45, 7) is 6.08. The summed E-state index contributed by atoms with van der Waals surface area (Å²) in [6.07, 6.45) is 2.39. The van der Waals surface area contributed by atoms with Crippen LogP contribution in [0.5, 0.6) is 0 Å². The molecular formula is C13H23ClN4O2. The van der Waals surface area contributed by atoms with E-state index in [4.69, 9.17) is 4.74 Å². The maximum atomic E-state index is 12.0. The van der Waals surface area contributed by atoms with Gasteiger partial charge in [-0.2, -0.15) is 5.10 Å². The van der Waals surface area contributed by atoms with Gasteiger partial charge < -0.3 is 15.4 Å². The highest BCUT2D eigenvalue weighted by molar-refractivity contribution is 5.85. The number of halogens is 1. The summed E-state index contributed by atoms with van der Waals surface area (Å²) in [5.74, 6) is 0.0405. The molecule has 114 valence electrons. The van der Waals surface area contributed by atoms with E-state index < -0.39 is 0 Å². The number of aryl methyl sites for hydroxylation is 2. The van der Waals surface area contributed by atoms with E-state index >= 15 is 0 Å². The number of aromatic nitrogens is 2. The minimum Gasteiger partial charge on any atom is -0.378 e. The first-order chi connectivity index (χ1) is 9.06. The largest absolute Gasteiger partial charge is 0.378 e. The highest BCUT2D eigenvalue weighted by Crippen LogP contribution is 2.15. The van der Waals surface area contributed by atoms with Gasteiger partial charge >= 0.3 is 0 Å². The van der Waals surface area contributed by atoms with Crippen molar-refractivity contribution in [2.45, 2.75) is 32.4 Å². The van der Waals surface area contributed by atoms with Gasteiger partial charge in [0, 0.05) is 37.8 Å². The second-order valence-electron chi connectivity index (χ2n) is 5.06. The van der Waals surface area contributed by atoms with Gasteiger partial charge in [-0.15, -0.1) is 12.4 Å². The Morgan fingerprint density at radius 3 is 3.00 bits per heavy atom. The minimum absolute atomic E-state index is 0. The fraction of sp³-hybridized carbons (Fsp3) is 0.692. The lowest BCUT2D eigenvalue weighted by Gasteiger charge is -2.24. The lowest BCUT2D eigenvalue weighted by molar-refractivity contribution is -0.122. The molecule has 2 unspecified atom stereocenters. The Labute approximate surface area is 125 Å². The predicted molar refractivity (Wildman–Crippen MR) is 79.0 cm³/mol. The number of carbonyl (C=O) groups excluding carboxylic acids is 1. The van der Waals surface area contributed by atoms with Gasteiger partial charge in [0.2, 0.25) is 5.91 Å². The third-order valence-corrected chi connectivity index (χ3v) is 3.33. The number of rotatable bonds is 4. The monoisotopic (exact) mass is 302 g/mol. The molecule has 2 heterocycles. The highest BCUT2D eigenvalue weighted by atomic mass is 35.5. The number of hydrogen-bond donors (Lipinski definition) is 2. The van der Waals surface area contributed by atoms with Gasteiger partial charge in [-0.05, 0) is 13.8 Å². The zero-order valence-electron chi connectivity index (χ0n) is 12.2. The summed E-state index contributed by atoms with van der Waals surface area (Å²) in [5.41, 5.74) is 2.01. The topological polar surface area (TPSA) is 68.2 Å². The maximum Gasteiger partial charge on any atom is 0.222 e. The molecule has 1 aliphatic heterocycles. The molecule has 1 aromatic heterocycles. The molecule has 0 saturated carbocycles. The number of nitrogens with one attached hydrogen (secondary N) is 2. The van der Waals surface area contributed by atoms with Crippen molar-refractivity contribution in [2.24, 2.45) is 7.05 Å². The van der Waals surface area contributed by atoms with Gasteiger partial charge in [-0.25, -0.2) is 0 Å². The fourth-order valence-corrected chi connectivity index (χ4v) is 2.40. The van der Waals surface area contributed by atoms with Crippen LogP contribution in [0.25, 0.3) is 0 Å². The van der Waals surface area contributed by atoms with Crippen LogP contribution in [0, 0.1) is 6.92 Å². The van der Waals surface area contributed by atoms with Gasteiger partial charge in [0.25, 0.3) is 0 Å². The van der Waals surface area contributed by atoms with E-state index in [1.807, 2.05) is 27.1 Å². The molecule has 1 aromatic rings. The zero-order chi connectivity index (χ0) is 13.8. The second-order valence-corrected chi connectivity index (χ2v) is 5.06. The number of amides is 1. The minimum atomic E-state index is -0.0225. The van der Waals surface area contributed by atoms with E-state index in [1.54, 1.807) is 4.68 Å². The molecule has 0 bridgehead atoms. The third-order valence-electron chi connectivity index (χ3n) is 3.33. The highest BCUT2D eigenvalue weighted by Gasteiger charge is 2.19. The summed E-state index contributed by atoms with van der Waals surface area (Å²) < 4.78 is 7.11. The summed E-state index contributed by atoms with van der Waals surface area (Å²) in [5, 5.41) is 10.6. The molecule has 0 spiro atoms. The first-order valence-electron chi connectivity index (χ1n) is 6.67. The molecular weight excluding hydrogens is 280 g/mol. The second kappa shape index (κ2) is 7.61. The summed E-state index contributed by atoms with van der Waals surface area (Å²) in [6, 6.07) is 0.0988. The van der Waals surface area contributed by atoms with Crippen molar-refractivity contribution in [3.63, 3.8) is 0 Å². The Kier molecular flexibility index (Phi) is 6.45. The lowest BCUT2D eigenvalue weighted by Crippen LogP contribution is -2.44. The first kappa shape index (κ1) is 16.9. The molecule has 0 radical (unpaired) electrons. The lowest BCUT2D eigenvalue weighted by atomic mass is 10.1. The van der Waals surface area contributed by atoms with Gasteiger partial charge in [0.15, 0.2) is 0 Å². The first-order valence-corrected chi connectivity index (χ1v) is 6.67. The van der Waals surface area contributed by atoms with E-state index in [2.05, 4.69) is 15.7 Å². The molecule has 0 aromatic carbocycles.